The van der Waals surface area contributed by atoms with Crippen molar-refractivity contribution >= 4 is 23.5 Å². The van der Waals surface area contributed by atoms with Gasteiger partial charge in [0.2, 0.25) is 0 Å². The Morgan fingerprint density at radius 2 is 2.06 bits per heavy atom. The van der Waals surface area contributed by atoms with E-state index in [9.17, 15) is 9.59 Å². The summed E-state index contributed by atoms with van der Waals surface area (Å²) in [6, 6.07) is 7.12. The van der Waals surface area contributed by atoms with Crippen LogP contribution in [0.5, 0.6) is 0 Å². The predicted octanol–water partition coefficient (Wildman–Crippen LogP) is 1.78. The summed E-state index contributed by atoms with van der Waals surface area (Å²) < 4.78 is 0. The van der Waals surface area contributed by atoms with Gasteiger partial charge in [-0.05, 0) is 18.6 Å². The number of carbonyl (C=O) groups is 2. The SMILES string of the molecule is CC1C(=O)ON(Cc2ccccc2Cl)C1=O. The Labute approximate surface area is 97.7 Å². The molecule has 4 nitrogen and oxygen atoms in total. The smallest absolute Gasteiger partial charge is 0.337 e. The third-order valence-corrected chi connectivity index (χ3v) is 2.81. The second kappa shape index (κ2) is 4.14. The van der Waals surface area contributed by atoms with E-state index >= 15 is 0 Å². The summed E-state index contributed by atoms with van der Waals surface area (Å²) in [5.74, 6) is -1.57. The number of carbonyl (C=O) groups excluding carboxylic acids is 2. The molecule has 2 rings (SSSR count). The Morgan fingerprint density at radius 1 is 1.38 bits per heavy atom. The fraction of sp³-hybridized carbons (Fsp3) is 0.273. The van der Waals surface area contributed by atoms with E-state index < -0.39 is 11.9 Å². The van der Waals surface area contributed by atoms with Crippen LogP contribution in [-0.2, 0) is 21.0 Å². The highest BCUT2D eigenvalue weighted by atomic mass is 35.5. The summed E-state index contributed by atoms with van der Waals surface area (Å²) in [5, 5.41) is 1.60. The minimum Gasteiger partial charge on any atom is -0.337 e. The summed E-state index contributed by atoms with van der Waals surface area (Å²) >= 11 is 5.94. The second-order valence-electron chi connectivity index (χ2n) is 3.60. The topological polar surface area (TPSA) is 46.6 Å². The summed E-state index contributed by atoms with van der Waals surface area (Å²) in [5.41, 5.74) is 0.749. The zero-order chi connectivity index (χ0) is 11.7. The first-order valence-electron chi connectivity index (χ1n) is 4.86. The maximum Gasteiger partial charge on any atom is 0.344 e. The quantitative estimate of drug-likeness (QED) is 0.739. The predicted molar refractivity (Wildman–Crippen MR) is 57.3 cm³/mol. The van der Waals surface area contributed by atoms with Crippen LogP contribution in [0.1, 0.15) is 12.5 Å². The van der Waals surface area contributed by atoms with Crippen molar-refractivity contribution in [3.05, 3.63) is 34.9 Å². The van der Waals surface area contributed by atoms with Gasteiger partial charge >= 0.3 is 5.97 Å². The standard InChI is InChI=1S/C11H10ClNO3/c1-7-10(14)13(16-11(7)15)6-8-4-2-3-5-9(8)12/h2-5,7H,6H2,1H3. The van der Waals surface area contributed by atoms with Gasteiger partial charge in [0.25, 0.3) is 5.91 Å². The Bertz CT molecular complexity index is 447. The van der Waals surface area contributed by atoms with Crippen molar-refractivity contribution in [1.29, 1.82) is 0 Å². The molecule has 1 aliphatic heterocycles. The lowest BCUT2D eigenvalue weighted by molar-refractivity contribution is -0.180. The Morgan fingerprint density at radius 3 is 2.62 bits per heavy atom. The first-order valence-corrected chi connectivity index (χ1v) is 5.24. The number of amides is 1. The van der Waals surface area contributed by atoms with E-state index in [4.69, 9.17) is 16.4 Å². The van der Waals surface area contributed by atoms with E-state index in [1.165, 1.54) is 6.92 Å². The Balaban J connectivity index is 2.15. The molecular weight excluding hydrogens is 230 g/mol. The fourth-order valence-electron chi connectivity index (χ4n) is 1.44. The third-order valence-electron chi connectivity index (χ3n) is 2.44. The molecule has 0 aromatic heterocycles. The molecule has 16 heavy (non-hydrogen) atoms. The highest BCUT2D eigenvalue weighted by molar-refractivity contribution is 6.31. The van der Waals surface area contributed by atoms with Crippen molar-refractivity contribution in [2.24, 2.45) is 5.92 Å². The normalized spacial score (nSPS) is 20.1. The van der Waals surface area contributed by atoms with Gasteiger partial charge in [-0.3, -0.25) is 4.79 Å². The van der Waals surface area contributed by atoms with Crippen molar-refractivity contribution in [3.63, 3.8) is 0 Å². The second-order valence-corrected chi connectivity index (χ2v) is 4.01. The van der Waals surface area contributed by atoms with Crippen LogP contribution in [0.3, 0.4) is 0 Å². The number of hydrogen-bond donors (Lipinski definition) is 0. The fourth-order valence-corrected chi connectivity index (χ4v) is 1.64. The molecule has 1 fully saturated rings. The average molecular weight is 240 g/mol. The number of hydroxylamine groups is 2. The molecule has 0 saturated carbocycles. The van der Waals surface area contributed by atoms with Gasteiger partial charge in [-0.2, -0.15) is 5.06 Å². The van der Waals surface area contributed by atoms with Crippen LogP contribution in [0.4, 0.5) is 0 Å². The van der Waals surface area contributed by atoms with Crippen LogP contribution in [0.15, 0.2) is 24.3 Å². The maximum absolute atomic E-state index is 11.6. The van der Waals surface area contributed by atoms with E-state index in [-0.39, 0.29) is 12.5 Å². The molecule has 0 bridgehead atoms. The summed E-state index contributed by atoms with van der Waals surface area (Å²) in [6.45, 7) is 1.71. The maximum atomic E-state index is 11.6. The lowest BCUT2D eigenvalue weighted by Crippen LogP contribution is -2.25. The number of nitrogens with zero attached hydrogens (tertiary/aromatic N) is 1. The van der Waals surface area contributed by atoms with Crippen LogP contribution in [0.2, 0.25) is 5.02 Å². The first kappa shape index (κ1) is 11.0. The van der Waals surface area contributed by atoms with Crippen molar-refractivity contribution in [2.45, 2.75) is 13.5 Å². The van der Waals surface area contributed by atoms with Gasteiger partial charge in [0.05, 0.1) is 6.54 Å². The molecule has 1 heterocycles. The zero-order valence-electron chi connectivity index (χ0n) is 8.64. The Hall–Kier alpha value is -1.55. The van der Waals surface area contributed by atoms with E-state index in [2.05, 4.69) is 0 Å². The van der Waals surface area contributed by atoms with E-state index in [1.807, 2.05) is 6.07 Å². The molecule has 1 aromatic carbocycles. The summed E-state index contributed by atoms with van der Waals surface area (Å²) in [4.78, 5) is 27.6. The first-order chi connectivity index (χ1) is 7.59. The molecule has 0 aliphatic carbocycles. The molecule has 1 unspecified atom stereocenters. The van der Waals surface area contributed by atoms with Gasteiger partial charge < -0.3 is 4.84 Å². The van der Waals surface area contributed by atoms with Crippen LogP contribution >= 0.6 is 11.6 Å². The molecule has 84 valence electrons. The van der Waals surface area contributed by atoms with Crippen LogP contribution in [-0.4, -0.2) is 16.9 Å². The van der Waals surface area contributed by atoms with Gasteiger partial charge in [0.1, 0.15) is 5.92 Å². The molecule has 1 amide bonds. The third kappa shape index (κ3) is 1.88. The lowest BCUT2D eigenvalue weighted by Gasteiger charge is -2.13. The molecular formula is C11H10ClNO3. The number of rotatable bonds is 2. The van der Waals surface area contributed by atoms with Gasteiger partial charge in [-0.25, -0.2) is 4.79 Å². The lowest BCUT2D eigenvalue weighted by atomic mass is 10.1. The van der Waals surface area contributed by atoms with Gasteiger partial charge in [-0.15, -0.1) is 0 Å². The summed E-state index contributed by atoms with van der Waals surface area (Å²) in [6.07, 6.45) is 0. The van der Waals surface area contributed by atoms with Crippen LogP contribution in [0.25, 0.3) is 0 Å². The highest BCUT2D eigenvalue weighted by Gasteiger charge is 2.38. The van der Waals surface area contributed by atoms with Gasteiger partial charge in [-0.1, -0.05) is 29.8 Å². The summed E-state index contributed by atoms with van der Waals surface area (Å²) in [7, 11) is 0. The molecule has 1 aromatic rings. The number of benzene rings is 1. The molecule has 1 atom stereocenters. The number of hydrogen-bond acceptors (Lipinski definition) is 3. The van der Waals surface area contributed by atoms with E-state index in [0.717, 1.165) is 10.6 Å². The van der Waals surface area contributed by atoms with Crippen molar-refractivity contribution in [2.75, 3.05) is 0 Å². The molecule has 5 heteroatoms. The minimum atomic E-state index is -0.720. The molecule has 0 N–H and O–H groups in total. The van der Waals surface area contributed by atoms with E-state index in [1.54, 1.807) is 18.2 Å². The largest absolute Gasteiger partial charge is 0.344 e. The average Bonchev–Trinajstić information content (AvgIpc) is 2.50. The molecule has 0 radical (unpaired) electrons. The molecule has 0 spiro atoms. The van der Waals surface area contributed by atoms with Crippen molar-refractivity contribution < 1.29 is 14.4 Å². The van der Waals surface area contributed by atoms with E-state index in [0.29, 0.717) is 5.02 Å². The number of halogens is 1. The zero-order valence-corrected chi connectivity index (χ0v) is 9.40. The monoisotopic (exact) mass is 239 g/mol. The van der Waals surface area contributed by atoms with Crippen LogP contribution < -0.4 is 0 Å². The minimum absolute atomic E-state index is 0.189. The van der Waals surface area contributed by atoms with Gasteiger partial charge in [0.15, 0.2) is 0 Å². The molecule has 1 aliphatic rings. The highest BCUT2D eigenvalue weighted by Crippen LogP contribution is 2.22. The van der Waals surface area contributed by atoms with Gasteiger partial charge in [0, 0.05) is 5.02 Å². The van der Waals surface area contributed by atoms with Crippen molar-refractivity contribution in [1.82, 2.24) is 5.06 Å². The van der Waals surface area contributed by atoms with Crippen molar-refractivity contribution in [3.8, 4) is 0 Å². The Kier molecular flexibility index (Phi) is 2.83. The van der Waals surface area contributed by atoms with Crippen LogP contribution in [0, 0.1) is 5.92 Å². The molecule has 1 saturated heterocycles.